The quantitative estimate of drug-likeness (QED) is 0.645. The topological polar surface area (TPSA) is 51.5 Å². The van der Waals surface area contributed by atoms with E-state index in [1.54, 1.807) is 29.9 Å². The summed E-state index contributed by atoms with van der Waals surface area (Å²) in [5.74, 6) is -0.642. The van der Waals surface area contributed by atoms with Gasteiger partial charge in [0.1, 0.15) is 0 Å². The molecule has 0 amide bonds. The highest BCUT2D eigenvalue weighted by Gasteiger charge is 2.19. The van der Waals surface area contributed by atoms with Crippen molar-refractivity contribution in [3.05, 3.63) is 24.0 Å². The van der Waals surface area contributed by atoms with E-state index in [9.17, 15) is 9.90 Å². The Morgan fingerprint density at radius 3 is 2.83 bits per heavy atom. The van der Waals surface area contributed by atoms with E-state index in [-0.39, 0.29) is 0 Å². The van der Waals surface area contributed by atoms with Crippen LogP contribution in [-0.2, 0) is 16.6 Å². The van der Waals surface area contributed by atoms with Gasteiger partial charge in [0.2, 0.25) is 0 Å². The molecule has 1 aromatic rings. The van der Waals surface area contributed by atoms with E-state index in [0.717, 1.165) is 0 Å². The maximum Gasteiger partial charge on any atom is 0.340 e. The van der Waals surface area contributed by atoms with Gasteiger partial charge in [0, 0.05) is 13.2 Å². The first-order chi connectivity index (χ1) is 5.66. The summed E-state index contributed by atoms with van der Waals surface area (Å²) in [4.78, 5) is 10.9. The van der Waals surface area contributed by atoms with Crippen LogP contribution in [0.15, 0.2) is 18.3 Å². The lowest BCUT2D eigenvalue weighted by atomic mass is 10.2. The molecule has 0 aliphatic rings. The zero-order valence-electron chi connectivity index (χ0n) is 7.02. The predicted molar refractivity (Wildman–Crippen MR) is 42.4 cm³/mol. The lowest BCUT2D eigenvalue weighted by Gasteiger charge is -2.08. The molecular weight excluding hydrogens is 158 g/mol. The van der Waals surface area contributed by atoms with Crippen molar-refractivity contribution in [1.82, 2.24) is 4.57 Å². The first-order valence-corrected chi connectivity index (χ1v) is 3.54. The molecule has 1 rings (SSSR count). The molecule has 0 saturated carbocycles. The maximum absolute atomic E-state index is 10.9. The summed E-state index contributed by atoms with van der Waals surface area (Å²) in [5, 5.41) is 9.36. The molecule has 0 spiro atoms. The molecule has 0 aromatic carbocycles. The Morgan fingerprint density at radius 1 is 1.75 bits per heavy atom. The Balaban J connectivity index is 2.84. The molecule has 0 bridgehead atoms. The van der Waals surface area contributed by atoms with Crippen LogP contribution >= 0.6 is 0 Å². The summed E-state index contributed by atoms with van der Waals surface area (Å²) in [5.41, 5.74) is 0.529. The monoisotopic (exact) mass is 169 g/mol. The highest BCUT2D eigenvalue weighted by Crippen LogP contribution is 2.13. The first-order valence-electron chi connectivity index (χ1n) is 3.54. The van der Waals surface area contributed by atoms with Crippen molar-refractivity contribution in [2.24, 2.45) is 7.05 Å². The minimum atomic E-state index is -1.19. The van der Waals surface area contributed by atoms with Crippen LogP contribution in [0.1, 0.15) is 11.8 Å². The smallest absolute Gasteiger partial charge is 0.340 e. The lowest BCUT2D eigenvalue weighted by Crippen LogP contribution is -2.15. The summed E-state index contributed by atoms with van der Waals surface area (Å²) in [6, 6.07) is 3.42. The van der Waals surface area contributed by atoms with E-state index in [1.165, 1.54) is 7.11 Å². The number of nitrogens with zero attached hydrogens (tertiary/aromatic N) is 1. The molecule has 0 saturated heterocycles. The van der Waals surface area contributed by atoms with Gasteiger partial charge in [0.15, 0.2) is 6.10 Å². The van der Waals surface area contributed by atoms with Crippen LogP contribution in [0.4, 0.5) is 0 Å². The van der Waals surface area contributed by atoms with Crippen LogP contribution in [0.5, 0.6) is 0 Å². The predicted octanol–water partition coefficient (Wildman–Crippen LogP) is 0.232. The van der Waals surface area contributed by atoms with Crippen LogP contribution in [0.3, 0.4) is 0 Å². The van der Waals surface area contributed by atoms with Crippen molar-refractivity contribution in [3.8, 4) is 0 Å². The maximum atomic E-state index is 10.9. The standard InChI is InChI=1S/C8H11NO3/c1-9-5-3-4-6(9)7(10)8(11)12-2/h3-5,7,10H,1-2H3. The third-order valence-corrected chi connectivity index (χ3v) is 1.69. The molecule has 1 atom stereocenters. The summed E-state index contributed by atoms with van der Waals surface area (Å²) in [7, 11) is 3.00. The number of aryl methyl sites for hydroxylation is 1. The van der Waals surface area contributed by atoms with E-state index < -0.39 is 12.1 Å². The Hall–Kier alpha value is -1.29. The van der Waals surface area contributed by atoms with E-state index in [4.69, 9.17) is 0 Å². The number of aromatic nitrogens is 1. The van der Waals surface area contributed by atoms with Gasteiger partial charge in [-0.25, -0.2) is 4.79 Å². The Kier molecular flexibility index (Phi) is 2.50. The minimum Gasteiger partial charge on any atom is -0.467 e. The molecule has 0 aliphatic heterocycles. The van der Waals surface area contributed by atoms with Crippen LogP contribution in [0.25, 0.3) is 0 Å². The molecule has 1 N–H and O–H groups in total. The van der Waals surface area contributed by atoms with Crippen LogP contribution in [-0.4, -0.2) is 22.8 Å². The zero-order chi connectivity index (χ0) is 9.14. The largest absolute Gasteiger partial charge is 0.467 e. The minimum absolute atomic E-state index is 0.529. The SMILES string of the molecule is COC(=O)C(O)c1cccn1C. The highest BCUT2D eigenvalue weighted by atomic mass is 16.5. The van der Waals surface area contributed by atoms with Gasteiger partial charge < -0.3 is 14.4 Å². The number of hydrogen-bond acceptors (Lipinski definition) is 3. The van der Waals surface area contributed by atoms with E-state index >= 15 is 0 Å². The summed E-state index contributed by atoms with van der Waals surface area (Å²) < 4.78 is 6.06. The molecule has 66 valence electrons. The number of carbonyl (C=O) groups excluding carboxylic acids is 1. The average molecular weight is 169 g/mol. The van der Waals surface area contributed by atoms with Crippen LogP contribution in [0, 0.1) is 0 Å². The molecule has 4 heteroatoms. The fourth-order valence-electron chi connectivity index (χ4n) is 0.991. The van der Waals surface area contributed by atoms with Crippen molar-refractivity contribution >= 4 is 5.97 Å². The molecular formula is C8H11NO3. The van der Waals surface area contributed by atoms with Gasteiger partial charge in [0.05, 0.1) is 12.8 Å². The second-order valence-electron chi connectivity index (χ2n) is 2.47. The zero-order valence-corrected chi connectivity index (χ0v) is 7.02. The summed E-state index contributed by atoms with van der Waals surface area (Å²) >= 11 is 0. The fraction of sp³-hybridized carbons (Fsp3) is 0.375. The Bertz CT molecular complexity index is 280. The van der Waals surface area contributed by atoms with E-state index in [1.807, 2.05) is 0 Å². The van der Waals surface area contributed by atoms with E-state index in [2.05, 4.69) is 4.74 Å². The van der Waals surface area contributed by atoms with Crippen molar-refractivity contribution in [1.29, 1.82) is 0 Å². The molecule has 0 radical (unpaired) electrons. The van der Waals surface area contributed by atoms with Gasteiger partial charge >= 0.3 is 5.97 Å². The molecule has 12 heavy (non-hydrogen) atoms. The number of hydrogen-bond donors (Lipinski definition) is 1. The third-order valence-electron chi connectivity index (χ3n) is 1.69. The molecule has 0 aliphatic carbocycles. The molecule has 1 unspecified atom stereocenters. The number of rotatable bonds is 2. The summed E-state index contributed by atoms with van der Waals surface area (Å²) in [6.45, 7) is 0. The normalized spacial score (nSPS) is 12.6. The van der Waals surface area contributed by atoms with Crippen LogP contribution in [0.2, 0.25) is 0 Å². The van der Waals surface area contributed by atoms with Crippen molar-refractivity contribution in [2.45, 2.75) is 6.10 Å². The number of esters is 1. The van der Waals surface area contributed by atoms with Gasteiger partial charge in [0.25, 0.3) is 0 Å². The van der Waals surface area contributed by atoms with Crippen molar-refractivity contribution < 1.29 is 14.6 Å². The molecule has 1 heterocycles. The fourth-order valence-corrected chi connectivity index (χ4v) is 0.991. The number of aliphatic hydroxyl groups excluding tert-OH is 1. The molecule has 1 aromatic heterocycles. The summed E-state index contributed by atoms with van der Waals surface area (Å²) in [6.07, 6.45) is 0.566. The van der Waals surface area contributed by atoms with Crippen molar-refractivity contribution in [2.75, 3.05) is 7.11 Å². The van der Waals surface area contributed by atoms with Gasteiger partial charge in [-0.15, -0.1) is 0 Å². The Morgan fingerprint density at radius 2 is 2.42 bits per heavy atom. The van der Waals surface area contributed by atoms with Gasteiger partial charge in [-0.3, -0.25) is 0 Å². The van der Waals surface area contributed by atoms with E-state index in [0.29, 0.717) is 5.69 Å². The average Bonchev–Trinajstić information content (AvgIpc) is 2.48. The highest BCUT2D eigenvalue weighted by molar-refractivity contribution is 5.75. The number of ether oxygens (including phenoxy) is 1. The first kappa shape index (κ1) is 8.80. The van der Waals surface area contributed by atoms with Crippen molar-refractivity contribution in [3.63, 3.8) is 0 Å². The van der Waals surface area contributed by atoms with Gasteiger partial charge in [-0.05, 0) is 12.1 Å². The van der Waals surface area contributed by atoms with Gasteiger partial charge in [-0.1, -0.05) is 0 Å². The lowest BCUT2D eigenvalue weighted by molar-refractivity contribution is -0.151. The van der Waals surface area contributed by atoms with Gasteiger partial charge in [-0.2, -0.15) is 0 Å². The second-order valence-corrected chi connectivity index (χ2v) is 2.47. The number of methoxy groups -OCH3 is 1. The second kappa shape index (κ2) is 3.40. The molecule has 0 fully saturated rings. The molecule has 4 nitrogen and oxygen atoms in total. The van der Waals surface area contributed by atoms with Crippen LogP contribution < -0.4 is 0 Å². The third kappa shape index (κ3) is 1.48. The Labute approximate surface area is 70.4 Å². The number of aliphatic hydroxyl groups is 1. The number of carbonyl (C=O) groups is 1.